The van der Waals surface area contributed by atoms with Gasteiger partial charge in [-0.15, -0.1) is 0 Å². The van der Waals surface area contributed by atoms with Gasteiger partial charge in [-0.1, -0.05) is 6.07 Å². The van der Waals surface area contributed by atoms with E-state index in [1.807, 2.05) is 0 Å². The summed E-state index contributed by atoms with van der Waals surface area (Å²) < 4.78 is 54.3. The van der Waals surface area contributed by atoms with E-state index in [-0.39, 0.29) is 10.5 Å². The first-order valence-electron chi connectivity index (χ1n) is 9.14. The van der Waals surface area contributed by atoms with Crippen molar-refractivity contribution in [2.45, 2.75) is 30.7 Å². The zero-order chi connectivity index (χ0) is 21.3. The van der Waals surface area contributed by atoms with Crippen molar-refractivity contribution in [3.05, 3.63) is 63.6 Å². The Hall–Kier alpha value is -1.84. The maximum absolute atomic E-state index is 13.6. The first-order chi connectivity index (χ1) is 13.6. The van der Waals surface area contributed by atoms with Crippen LogP contribution in [-0.2, 0) is 10.0 Å². The minimum Gasteiger partial charge on any atom is -0.335 e. The highest BCUT2D eigenvalue weighted by atomic mass is 79.9. The van der Waals surface area contributed by atoms with Crippen LogP contribution < -0.4 is 0 Å². The molecule has 9 heteroatoms. The van der Waals surface area contributed by atoms with Gasteiger partial charge >= 0.3 is 0 Å². The molecule has 0 spiro atoms. The van der Waals surface area contributed by atoms with Crippen LogP contribution in [0, 0.1) is 11.6 Å². The van der Waals surface area contributed by atoms with Gasteiger partial charge in [0, 0.05) is 24.6 Å². The second kappa shape index (κ2) is 8.49. The molecule has 1 fully saturated rings. The van der Waals surface area contributed by atoms with Gasteiger partial charge in [0.1, 0.15) is 0 Å². The van der Waals surface area contributed by atoms with Gasteiger partial charge in [0.2, 0.25) is 10.0 Å². The molecule has 1 aliphatic rings. The first-order valence-corrected chi connectivity index (χ1v) is 11.4. The predicted octanol–water partition coefficient (Wildman–Crippen LogP) is 4.35. The van der Waals surface area contributed by atoms with Gasteiger partial charge in [-0.3, -0.25) is 4.79 Å². The largest absolute Gasteiger partial charge is 0.335 e. The summed E-state index contributed by atoms with van der Waals surface area (Å²) in [5, 5.41) is 0. The van der Waals surface area contributed by atoms with Crippen LogP contribution in [0.25, 0.3) is 0 Å². The maximum atomic E-state index is 13.6. The lowest BCUT2D eigenvalue weighted by atomic mass is 10.1. The number of halogens is 3. The summed E-state index contributed by atoms with van der Waals surface area (Å²) in [6, 6.07) is 7.28. The summed E-state index contributed by atoms with van der Waals surface area (Å²) in [5.41, 5.74) is 0.610. The van der Waals surface area contributed by atoms with Crippen LogP contribution in [0.2, 0.25) is 0 Å². The summed E-state index contributed by atoms with van der Waals surface area (Å²) >= 11 is 3.31. The average molecular weight is 487 g/mol. The van der Waals surface area contributed by atoms with Crippen molar-refractivity contribution in [1.82, 2.24) is 9.21 Å². The molecule has 0 N–H and O–H groups in total. The van der Waals surface area contributed by atoms with Crippen molar-refractivity contribution < 1.29 is 22.0 Å². The van der Waals surface area contributed by atoms with Crippen molar-refractivity contribution in [2.24, 2.45) is 0 Å². The molecule has 1 heterocycles. The monoisotopic (exact) mass is 486 g/mol. The number of benzene rings is 2. The lowest BCUT2D eigenvalue weighted by molar-refractivity contribution is 0.0741. The van der Waals surface area contributed by atoms with Gasteiger partial charge in [-0.25, -0.2) is 17.2 Å². The Morgan fingerprint density at radius 3 is 2.38 bits per heavy atom. The van der Waals surface area contributed by atoms with E-state index in [1.165, 1.54) is 40.5 Å². The van der Waals surface area contributed by atoms with Crippen molar-refractivity contribution >= 4 is 31.9 Å². The lowest BCUT2D eigenvalue weighted by Crippen LogP contribution is -2.31. The van der Waals surface area contributed by atoms with E-state index in [0.717, 1.165) is 25.0 Å². The van der Waals surface area contributed by atoms with Gasteiger partial charge in [-0.2, -0.15) is 4.31 Å². The Morgan fingerprint density at radius 2 is 1.76 bits per heavy atom. The number of hydrogen-bond donors (Lipinski definition) is 0. The Morgan fingerprint density at radius 1 is 1.10 bits per heavy atom. The molecule has 3 rings (SSSR count). The van der Waals surface area contributed by atoms with Crippen molar-refractivity contribution in [3.8, 4) is 0 Å². The normalized spacial score (nSPS) is 16.0. The Kier molecular flexibility index (Phi) is 6.40. The van der Waals surface area contributed by atoms with E-state index >= 15 is 0 Å². The molecule has 1 amide bonds. The highest BCUT2D eigenvalue weighted by Crippen LogP contribution is 2.29. The summed E-state index contributed by atoms with van der Waals surface area (Å²) in [4.78, 5) is 14.5. The van der Waals surface area contributed by atoms with E-state index in [1.54, 1.807) is 6.92 Å². The van der Waals surface area contributed by atoms with E-state index in [0.29, 0.717) is 23.1 Å². The Labute approximate surface area is 177 Å². The zero-order valence-corrected chi connectivity index (χ0v) is 18.4. The topological polar surface area (TPSA) is 57.7 Å². The average Bonchev–Trinajstić information content (AvgIpc) is 3.24. The number of sulfonamides is 1. The molecule has 1 aliphatic heterocycles. The second-order valence-corrected chi connectivity index (χ2v) is 9.81. The molecule has 1 unspecified atom stereocenters. The van der Waals surface area contributed by atoms with Crippen LogP contribution in [0.5, 0.6) is 0 Å². The van der Waals surface area contributed by atoms with Crippen LogP contribution in [0.15, 0.2) is 45.8 Å². The minimum atomic E-state index is -3.67. The van der Waals surface area contributed by atoms with E-state index in [9.17, 15) is 22.0 Å². The molecule has 0 saturated carbocycles. The minimum absolute atomic E-state index is 0.0554. The maximum Gasteiger partial charge on any atom is 0.255 e. The zero-order valence-electron chi connectivity index (χ0n) is 16.0. The van der Waals surface area contributed by atoms with Crippen LogP contribution >= 0.6 is 15.9 Å². The van der Waals surface area contributed by atoms with Crippen LogP contribution in [0.4, 0.5) is 8.78 Å². The standard InChI is InChI=1S/C20H21BrF2N2O3S/c1-13(14-5-8-18(22)19(23)11-14)24(2)20(26)16-12-15(6-7-17(16)21)29(27,28)25-9-3-4-10-25/h5-8,11-13H,3-4,9-10H2,1-2H3. The molecular weight excluding hydrogens is 466 g/mol. The van der Waals surface area contributed by atoms with E-state index in [2.05, 4.69) is 15.9 Å². The van der Waals surface area contributed by atoms with E-state index < -0.39 is 33.6 Å². The molecule has 1 atom stereocenters. The molecule has 0 aromatic heterocycles. The summed E-state index contributed by atoms with van der Waals surface area (Å²) in [6.45, 7) is 2.62. The summed E-state index contributed by atoms with van der Waals surface area (Å²) in [7, 11) is -2.14. The lowest BCUT2D eigenvalue weighted by Gasteiger charge is -2.26. The SMILES string of the molecule is CC(c1ccc(F)c(F)c1)N(C)C(=O)c1cc(S(=O)(=O)N2CCCC2)ccc1Br. The Balaban J connectivity index is 1.90. The summed E-state index contributed by atoms with van der Waals surface area (Å²) in [5.74, 6) is -2.39. The highest BCUT2D eigenvalue weighted by molar-refractivity contribution is 9.10. The smallest absolute Gasteiger partial charge is 0.255 e. The van der Waals surface area contributed by atoms with Gasteiger partial charge in [0.05, 0.1) is 16.5 Å². The predicted molar refractivity (Wildman–Crippen MR) is 109 cm³/mol. The third-order valence-corrected chi connectivity index (χ3v) is 7.78. The third kappa shape index (κ3) is 4.36. The quantitative estimate of drug-likeness (QED) is 0.631. The molecule has 156 valence electrons. The number of nitrogens with zero attached hydrogens (tertiary/aromatic N) is 2. The molecule has 0 aliphatic carbocycles. The summed E-state index contributed by atoms with van der Waals surface area (Å²) in [6.07, 6.45) is 1.63. The van der Waals surface area contributed by atoms with Crippen molar-refractivity contribution in [2.75, 3.05) is 20.1 Å². The van der Waals surface area contributed by atoms with Gasteiger partial charge in [0.15, 0.2) is 11.6 Å². The molecule has 0 bridgehead atoms. The number of rotatable bonds is 5. The Bertz CT molecular complexity index is 1040. The molecule has 2 aromatic rings. The van der Waals surface area contributed by atoms with Crippen LogP contribution in [0.1, 0.15) is 41.7 Å². The second-order valence-electron chi connectivity index (χ2n) is 7.02. The number of carbonyl (C=O) groups excluding carboxylic acids is 1. The first kappa shape index (κ1) is 21.9. The molecule has 2 aromatic carbocycles. The molecule has 0 radical (unpaired) electrons. The number of amides is 1. The fraction of sp³-hybridized carbons (Fsp3) is 0.350. The molecule has 1 saturated heterocycles. The fourth-order valence-electron chi connectivity index (χ4n) is 3.27. The van der Waals surface area contributed by atoms with E-state index in [4.69, 9.17) is 0 Å². The molecule has 5 nitrogen and oxygen atoms in total. The van der Waals surface area contributed by atoms with Crippen LogP contribution in [0.3, 0.4) is 0 Å². The van der Waals surface area contributed by atoms with Crippen molar-refractivity contribution in [3.63, 3.8) is 0 Å². The van der Waals surface area contributed by atoms with Gasteiger partial charge in [0.25, 0.3) is 5.91 Å². The van der Waals surface area contributed by atoms with Gasteiger partial charge in [-0.05, 0) is 71.6 Å². The molecule has 29 heavy (non-hydrogen) atoms. The number of carbonyl (C=O) groups is 1. The number of hydrogen-bond acceptors (Lipinski definition) is 3. The third-order valence-electron chi connectivity index (χ3n) is 5.20. The van der Waals surface area contributed by atoms with Crippen molar-refractivity contribution in [1.29, 1.82) is 0 Å². The van der Waals surface area contributed by atoms with Gasteiger partial charge < -0.3 is 4.90 Å². The highest BCUT2D eigenvalue weighted by Gasteiger charge is 2.29. The molecular formula is C20H21BrF2N2O3S. The fourth-order valence-corrected chi connectivity index (χ4v) is 5.23. The van der Waals surface area contributed by atoms with Crippen LogP contribution in [-0.4, -0.2) is 43.7 Å².